The second-order valence-corrected chi connectivity index (χ2v) is 9.05. The Kier molecular flexibility index (Phi) is 6.78. The van der Waals surface area contributed by atoms with Gasteiger partial charge in [-0.3, -0.25) is 4.79 Å². The van der Waals surface area contributed by atoms with E-state index in [4.69, 9.17) is 19.2 Å². The summed E-state index contributed by atoms with van der Waals surface area (Å²) in [5.41, 5.74) is 2.88. The molecule has 2 heterocycles. The number of amides is 1. The summed E-state index contributed by atoms with van der Waals surface area (Å²) in [6.07, 6.45) is 0. The summed E-state index contributed by atoms with van der Waals surface area (Å²) in [6, 6.07) is 19.0. The van der Waals surface area contributed by atoms with Gasteiger partial charge >= 0.3 is 0 Å². The lowest BCUT2D eigenvalue weighted by molar-refractivity contribution is 0.102. The minimum absolute atomic E-state index is 0.280. The summed E-state index contributed by atoms with van der Waals surface area (Å²) in [5.74, 6) is 2.04. The van der Waals surface area contributed by atoms with Gasteiger partial charge in [0.15, 0.2) is 11.5 Å². The molecular formula is C28H26N4O4S. The van der Waals surface area contributed by atoms with Gasteiger partial charge in [-0.25, -0.2) is 4.98 Å². The van der Waals surface area contributed by atoms with E-state index in [0.29, 0.717) is 40.4 Å². The van der Waals surface area contributed by atoms with E-state index >= 15 is 0 Å². The van der Waals surface area contributed by atoms with Crippen molar-refractivity contribution in [2.75, 3.05) is 26.1 Å². The molecule has 1 N–H and O–H groups in total. The van der Waals surface area contributed by atoms with Crippen LogP contribution < -0.4 is 19.5 Å². The van der Waals surface area contributed by atoms with E-state index in [0.717, 1.165) is 27.7 Å². The molecule has 0 fully saturated rings. The van der Waals surface area contributed by atoms with Crippen molar-refractivity contribution in [3.8, 4) is 33.6 Å². The second-order valence-electron chi connectivity index (χ2n) is 8.21. The number of aromatic nitrogens is 3. The number of hydrogen-bond acceptors (Lipinski definition) is 7. The van der Waals surface area contributed by atoms with Crippen molar-refractivity contribution >= 4 is 33.8 Å². The molecule has 8 nitrogen and oxygen atoms in total. The number of thiazole rings is 1. The third-order valence-corrected chi connectivity index (χ3v) is 6.66. The van der Waals surface area contributed by atoms with Gasteiger partial charge in [-0.1, -0.05) is 30.3 Å². The van der Waals surface area contributed by atoms with Gasteiger partial charge in [-0.2, -0.15) is 9.78 Å². The Morgan fingerprint density at radius 2 is 1.78 bits per heavy atom. The molecule has 188 valence electrons. The summed E-state index contributed by atoms with van der Waals surface area (Å²) in [6.45, 7) is 4.22. The fourth-order valence-electron chi connectivity index (χ4n) is 4.16. The average Bonchev–Trinajstić information content (AvgIpc) is 3.54. The van der Waals surface area contributed by atoms with Crippen molar-refractivity contribution in [2.45, 2.75) is 13.8 Å². The molecular weight excluding hydrogens is 488 g/mol. The number of benzene rings is 3. The van der Waals surface area contributed by atoms with Crippen LogP contribution in [0.4, 0.5) is 5.82 Å². The zero-order valence-electron chi connectivity index (χ0n) is 20.9. The average molecular weight is 515 g/mol. The quantitative estimate of drug-likeness (QED) is 0.268. The molecule has 1 amide bonds. The van der Waals surface area contributed by atoms with Crippen LogP contribution in [0.25, 0.3) is 27.2 Å². The Bertz CT molecular complexity index is 1590. The number of fused-ring (bicyclic) bond motifs is 1. The molecule has 0 aliphatic heterocycles. The molecule has 37 heavy (non-hydrogen) atoms. The molecule has 3 aromatic carbocycles. The molecule has 0 radical (unpaired) electrons. The van der Waals surface area contributed by atoms with Gasteiger partial charge in [-0.15, -0.1) is 11.3 Å². The first-order valence-corrected chi connectivity index (χ1v) is 12.6. The standard InChI is InChI=1S/C28H26N4O4S/c1-5-36-23-13-10-18-8-6-7-9-20(18)26(23)27(33)30-25-14-17(2)31-32(25)28-29-21(16-37-28)19-11-12-22(34-3)24(15-19)35-4/h6-16H,5H2,1-4H3,(H,30,33). The van der Waals surface area contributed by atoms with Gasteiger partial charge in [0.25, 0.3) is 5.91 Å². The van der Waals surface area contributed by atoms with E-state index in [1.807, 2.05) is 79.9 Å². The Morgan fingerprint density at radius 1 is 1.00 bits per heavy atom. The molecule has 0 spiro atoms. The number of anilines is 1. The van der Waals surface area contributed by atoms with Crippen LogP contribution >= 0.6 is 11.3 Å². The SMILES string of the molecule is CCOc1ccc2ccccc2c1C(=O)Nc1cc(C)nn1-c1nc(-c2ccc(OC)c(OC)c2)cs1. The van der Waals surface area contributed by atoms with Crippen LogP contribution in [0.3, 0.4) is 0 Å². The van der Waals surface area contributed by atoms with E-state index in [1.54, 1.807) is 18.9 Å². The molecule has 0 aliphatic rings. The third-order valence-electron chi connectivity index (χ3n) is 5.84. The Balaban J connectivity index is 1.49. The van der Waals surface area contributed by atoms with Crippen LogP contribution in [0, 0.1) is 6.92 Å². The van der Waals surface area contributed by atoms with Crippen LogP contribution in [-0.4, -0.2) is 41.5 Å². The van der Waals surface area contributed by atoms with Gasteiger partial charge in [0, 0.05) is 17.0 Å². The highest BCUT2D eigenvalue weighted by Crippen LogP contribution is 2.34. The molecule has 0 unspecified atom stereocenters. The van der Waals surface area contributed by atoms with Crippen LogP contribution in [-0.2, 0) is 0 Å². The first-order chi connectivity index (χ1) is 18.0. The maximum absolute atomic E-state index is 13.6. The van der Waals surface area contributed by atoms with Gasteiger partial charge in [-0.05, 0) is 48.9 Å². The van der Waals surface area contributed by atoms with E-state index in [9.17, 15) is 4.79 Å². The normalized spacial score (nSPS) is 10.9. The number of carbonyl (C=O) groups is 1. The zero-order chi connectivity index (χ0) is 25.9. The predicted molar refractivity (Wildman–Crippen MR) is 146 cm³/mol. The molecule has 0 atom stereocenters. The maximum atomic E-state index is 13.6. The third kappa shape index (κ3) is 4.73. The summed E-state index contributed by atoms with van der Waals surface area (Å²) < 4.78 is 18.2. The number of hydrogen-bond donors (Lipinski definition) is 1. The van der Waals surface area contributed by atoms with E-state index in [-0.39, 0.29) is 5.91 Å². The summed E-state index contributed by atoms with van der Waals surface area (Å²) in [7, 11) is 3.20. The van der Waals surface area contributed by atoms with Crippen LogP contribution in [0.2, 0.25) is 0 Å². The van der Waals surface area contributed by atoms with E-state index < -0.39 is 0 Å². The lowest BCUT2D eigenvalue weighted by Crippen LogP contribution is -2.17. The molecule has 5 rings (SSSR count). The fourth-order valence-corrected chi connectivity index (χ4v) is 4.96. The molecule has 0 aliphatic carbocycles. The van der Waals surface area contributed by atoms with Gasteiger partial charge in [0.1, 0.15) is 11.6 Å². The monoisotopic (exact) mass is 514 g/mol. The predicted octanol–water partition coefficient (Wildman–Crippen LogP) is 6.13. The Hall–Kier alpha value is -4.37. The number of nitrogens with zero attached hydrogens (tertiary/aromatic N) is 3. The number of nitrogens with one attached hydrogen (secondary N) is 1. The first kappa shape index (κ1) is 24.3. The molecule has 0 saturated heterocycles. The van der Waals surface area contributed by atoms with E-state index in [1.165, 1.54) is 11.3 Å². The maximum Gasteiger partial charge on any atom is 0.261 e. The van der Waals surface area contributed by atoms with E-state index in [2.05, 4.69) is 10.4 Å². The van der Waals surface area contributed by atoms with Crippen molar-refractivity contribution in [3.63, 3.8) is 0 Å². The van der Waals surface area contributed by atoms with Gasteiger partial charge in [0.05, 0.1) is 37.8 Å². The topological polar surface area (TPSA) is 87.5 Å². The number of ether oxygens (including phenoxy) is 3. The number of methoxy groups -OCH3 is 2. The van der Waals surface area contributed by atoms with Crippen molar-refractivity contribution in [2.24, 2.45) is 0 Å². The highest BCUT2D eigenvalue weighted by Gasteiger charge is 2.20. The smallest absolute Gasteiger partial charge is 0.261 e. The Labute approximate surface area is 218 Å². The molecule has 0 saturated carbocycles. The first-order valence-electron chi connectivity index (χ1n) is 11.7. The minimum atomic E-state index is -0.280. The molecule has 0 bridgehead atoms. The zero-order valence-corrected chi connectivity index (χ0v) is 21.8. The van der Waals surface area contributed by atoms with Crippen molar-refractivity contribution in [1.29, 1.82) is 0 Å². The summed E-state index contributed by atoms with van der Waals surface area (Å²) in [4.78, 5) is 18.4. The molecule has 9 heteroatoms. The van der Waals surface area contributed by atoms with Crippen molar-refractivity contribution in [1.82, 2.24) is 14.8 Å². The van der Waals surface area contributed by atoms with Crippen LogP contribution in [0.1, 0.15) is 23.0 Å². The highest BCUT2D eigenvalue weighted by atomic mass is 32.1. The largest absolute Gasteiger partial charge is 0.493 e. The number of aryl methyl sites for hydroxylation is 1. The van der Waals surface area contributed by atoms with Crippen molar-refractivity contribution in [3.05, 3.63) is 77.3 Å². The lowest BCUT2D eigenvalue weighted by atomic mass is 10.0. The Morgan fingerprint density at radius 3 is 2.57 bits per heavy atom. The minimum Gasteiger partial charge on any atom is -0.493 e. The van der Waals surface area contributed by atoms with Crippen LogP contribution in [0.15, 0.2) is 66.0 Å². The highest BCUT2D eigenvalue weighted by molar-refractivity contribution is 7.12. The van der Waals surface area contributed by atoms with Gasteiger partial charge in [0.2, 0.25) is 5.13 Å². The fraction of sp³-hybridized carbons (Fsp3) is 0.179. The number of rotatable bonds is 8. The van der Waals surface area contributed by atoms with Gasteiger partial charge < -0.3 is 19.5 Å². The van der Waals surface area contributed by atoms with Crippen LogP contribution in [0.5, 0.6) is 17.2 Å². The molecule has 2 aromatic heterocycles. The van der Waals surface area contributed by atoms with Crippen molar-refractivity contribution < 1.29 is 19.0 Å². The second kappa shape index (κ2) is 10.3. The summed E-state index contributed by atoms with van der Waals surface area (Å²) in [5, 5.41) is 12.0. The number of carbonyl (C=O) groups excluding carboxylic acids is 1. The molecule has 5 aromatic rings. The lowest BCUT2D eigenvalue weighted by Gasteiger charge is -2.14. The summed E-state index contributed by atoms with van der Waals surface area (Å²) >= 11 is 1.43.